The molecule has 0 fully saturated rings. The summed E-state index contributed by atoms with van der Waals surface area (Å²) >= 11 is 7.89. The van der Waals surface area contributed by atoms with Crippen molar-refractivity contribution in [3.05, 3.63) is 287 Å². The molecule has 0 spiro atoms. The molecule has 23 nitrogen and oxygen atoms in total. The standard InChI is InChI=1S/3C26H23N3O4S2.C2H4O2/c3*1-4-12-28-17-10-7-6-9-16(17)20(23(28)30)22-24(31)29-21(18-11-8-14-34-18)19(25(32)33-13-5-2)15(3)27-26(29)35-22;1-2(3)4/h3*5-11,14,21H,2,4,12-13H2,1,3H3;1H3,(H,3,4)/b3*22-20-;. The monoisotopic (exact) mass is 1580 g/mol. The number of allylic oxidation sites excluding steroid dienone is 3. The van der Waals surface area contributed by atoms with Gasteiger partial charge in [-0.2, -0.15) is 0 Å². The molecule has 29 heteroatoms. The van der Waals surface area contributed by atoms with E-state index in [1.54, 1.807) is 35.5 Å². The van der Waals surface area contributed by atoms with Crippen LogP contribution in [-0.4, -0.2) is 99.9 Å². The lowest BCUT2D eigenvalue weighted by atomic mass is 10.0. The van der Waals surface area contributed by atoms with Gasteiger partial charge < -0.3 is 34.0 Å². The Morgan fingerprint density at radius 1 is 0.431 bits per heavy atom. The highest BCUT2D eigenvalue weighted by molar-refractivity contribution is 7.11. The van der Waals surface area contributed by atoms with Crippen LogP contribution in [0.25, 0.3) is 16.7 Å². The molecule has 3 aromatic carbocycles. The van der Waals surface area contributed by atoms with Gasteiger partial charge in [-0.15, -0.1) is 34.0 Å². The lowest BCUT2D eigenvalue weighted by Crippen LogP contribution is -2.40. The lowest BCUT2D eigenvalue weighted by molar-refractivity contribution is -0.139. The molecular weight excluding hydrogens is 1500 g/mol. The van der Waals surface area contributed by atoms with Crippen LogP contribution >= 0.6 is 68.0 Å². The van der Waals surface area contributed by atoms with Crippen LogP contribution in [0, 0.1) is 0 Å². The number of rotatable bonds is 18. The van der Waals surface area contributed by atoms with E-state index in [1.807, 2.05) is 146 Å². The number of nitrogens with zero attached hydrogens (tertiary/aromatic N) is 9. The maximum absolute atomic E-state index is 14.0. The number of carboxylic acid groups (broad SMARTS) is 1. The number of carbonyl (C=O) groups is 7. The second-order valence-electron chi connectivity index (χ2n) is 25.0. The molecule has 6 aromatic heterocycles. The van der Waals surface area contributed by atoms with Crippen molar-refractivity contribution in [1.29, 1.82) is 0 Å². The number of carboxylic acids is 1. The first-order valence-electron chi connectivity index (χ1n) is 34.7. The number of hydrogen-bond donors (Lipinski definition) is 1. The Morgan fingerprint density at radius 3 is 0.917 bits per heavy atom. The van der Waals surface area contributed by atoms with Crippen molar-refractivity contribution >= 4 is 143 Å². The van der Waals surface area contributed by atoms with Crippen LogP contribution in [0.15, 0.2) is 226 Å². The van der Waals surface area contributed by atoms with E-state index >= 15 is 0 Å². The molecule has 15 rings (SSSR count). The number of fused-ring (bicyclic) bond motifs is 6. The summed E-state index contributed by atoms with van der Waals surface area (Å²) in [4.78, 5) is 153. The zero-order valence-electron chi connectivity index (χ0n) is 60.3. The molecule has 3 atom stereocenters. The Hall–Kier alpha value is -11.2. The SMILES string of the molecule is C=CCOC(=O)C1=C(C)N=c2s/c(=C3\C(=O)N(CCC)c4ccccc43)c(=O)n2C1c1cccs1.C=CCOC(=O)C1=C(C)N=c2s/c(=C3\C(=O)N(CCC)c4ccccc43)c(=O)n2C1c1cccs1.C=CCOC(=O)C1=C(C)N=c2s/c(=C3\C(=O)N(CCC)c4ccccc43)c(=O)n2C1c1cccs1.CC(=O)O. The van der Waals surface area contributed by atoms with E-state index in [0.29, 0.717) is 98.2 Å². The van der Waals surface area contributed by atoms with Gasteiger partial charge in [0.15, 0.2) is 14.4 Å². The van der Waals surface area contributed by atoms with Crippen molar-refractivity contribution in [3.63, 3.8) is 0 Å². The molecule has 109 heavy (non-hydrogen) atoms. The number of thiophene rings is 3. The molecule has 6 aliphatic heterocycles. The number of anilines is 3. The van der Waals surface area contributed by atoms with E-state index in [1.165, 1.54) is 100.0 Å². The fourth-order valence-corrected chi connectivity index (χ4v) is 19.4. The van der Waals surface area contributed by atoms with Crippen LogP contribution in [0.1, 0.15) is 117 Å². The van der Waals surface area contributed by atoms with Gasteiger partial charge in [-0.1, -0.05) is 166 Å². The van der Waals surface area contributed by atoms with Gasteiger partial charge in [-0.3, -0.25) is 47.3 Å². The number of ether oxygens (including phenoxy) is 3. The minimum absolute atomic E-state index is 0.0554. The highest BCUT2D eigenvalue weighted by atomic mass is 32.1. The number of aliphatic carboxylic acids is 1. The third-order valence-electron chi connectivity index (χ3n) is 17.9. The molecule has 9 aromatic rings. The Labute approximate surface area is 647 Å². The first kappa shape index (κ1) is 77.4. The van der Waals surface area contributed by atoms with Crippen molar-refractivity contribution < 1.29 is 52.9 Å². The second-order valence-corrected chi connectivity index (χ2v) is 30.9. The summed E-state index contributed by atoms with van der Waals surface area (Å²) < 4.78 is 21.6. The molecular formula is C80H73N9O14S6. The third kappa shape index (κ3) is 14.6. The number of benzene rings is 3. The molecule has 558 valence electrons. The maximum Gasteiger partial charge on any atom is 0.338 e. The predicted molar refractivity (Wildman–Crippen MR) is 425 cm³/mol. The highest BCUT2D eigenvalue weighted by Gasteiger charge is 2.42. The first-order chi connectivity index (χ1) is 52.7. The molecule has 0 saturated carbocycles. The number of hydrogen-bond acceptors (Lipinski definition) is 22. The van der Waals surface area contributed by atoms with Gasteiger partial charge >= 0.3 is 17.9 Å². The normalized spacial score (nSPS) is 17.8. The van der Waals surface area contributed by atoms with E-state index in [-0.39, 0.29) is 54.2 Å². The fraction of sp³-hybridized carbons (Fsp3) is 0.237. The molecule has 3 unspecified atom stereocenters. The molecule has 6 aliphatic rings. The number of carbonyl (C=O) groups excluding carboxylic acids is 6. The van der Waals surface area contributed by atoms with Crippen LogP contribution in [0.3, 0.4) is 0 Å². The fourth-order valence-electron chi connectivity index (χ4n) is 13.5. The first-order valence-corrected chi connectivity index (χ1v) is 39.8. The molecule has 0 radical (unpaired) electrons. The molecule has 0 saturated heterocycles. The van der Waals surface area contributed by atoms with E-state index < -0.39 is 42.0 Å². The van der Waals surface area contributed by atoms with Crippen LogP contribution < -0.4 is 59.4 Å². The maximum atomic E-state index is 14.0. The molecule has 0 bridgehead atoms. The number of aromatic nitrogens is 3. The zero-order valence-corrected chi connectivity index (χ0v) is 65.2. The third-order valence-corrected chi connectivity index (χ3v) is 23.8. The van der Waals surface area contributed by atoms with Crippen molar-refractivity contribution in [2.45, 2.75) is 85.9 Å². The van der Waals surface area contributed by atoms with Crippen molar-refractivity contribution in [2.75, 3.05) is 54.2 Å². The predicted octanol–water partition coefficient (Wildman–Crippen LogP) is 9.55. The van der Waals surface area contributed by atoms with Gasteiger partial charge in [0, 0.05) is 57.9 Å². The van der Waals surface area contributed by atoms with E-state index in [0.717, 1.165) is 74.6 Å². The van der Waals surface area contributed by atoms with Gasteiger partial charge in [0.1, 0.15) is 51.5 Å². The van der Waals surface area contributed by atoms with Crippen LogP contribution in [0.5, 0.6) is 0 Å². The van der Waals surface area contributed by atoms with Gasteiger partial charge in [0.2, 0.25) is 0 Å². The zero-order chi connectivity index (χ0) is 77.6. The van der Waals surface area contributed by atoms with Crippen molar-refractivity contribution in [2.24, 2.45) is 15.0 Å². The summed E-state index contributed by atoms with van der Waals surface area (Å²) in [5.74, 6) is -3.02. The molecule has 3 amide bonds. The number of amides is 3. The van der Waals surface area contributed by atoms with Gasteiger partial charge in [-0.25, -0.2) is 29.4 Å². The summed E-state index contributed by atoms with van der Waals surface area (Å²) in [5.41, 5.74) is 7.17. The quantitative estimate of drug-likeness (QED) is 0.0476. The minimum atomic E-state index is -0.833. The summed E-state index contributed by atoms with van der Waals surface area (Å²) in [5, 5.41) is 13.1. The lowest BCUT2D eigenvalue weighted by Gasteiger charge is -2.23. The molecule has 0 aliphatic carbocycles. The average molecular weight is 1580 g/mol. The Bertz CT molecular complexity index is 5360. The molecule has 1 N–H and O–H groups in total. The van der Waals surface area contributed by atoms with Crippen molar-refractivity contribution in [1.82, 2.24) is 13.7 Å². The van der Waals surface area contributed by atoms with E-state index in [4.69, 9.17) is 24.1 Å². The number of thiazole rings is 3. The van der Waals surface area contributed by atoms with Crippen LogP contribution in [-0.2, 0) is 47.8 Å². The summed E-state index contributed by atoms with van der Waals surface area (Å²) in [7, 11) is 0. The number of para-hydroxylation sites is 3. The van der Waals surface area contributed by atoms with E-state index in [2.05, 4.69) is 34.7 Å². The van der Waals surface area contributed by atoms with Gasteiger partial charge in [0.05, 0.1) is 67.6 Å². The van der Waals surface area contributed by atoms with Crippen LogP contribution in [0.4, 0.5) is 17.1 Å². The number of esters is 3. The summed E-state index contributed by atoms with van der Waals surface area (Å²) in [6.45, 7) is 25.0. The molecule has 12 heterocycles. The van der Waals surface area contributed by atoms with E-state index in [9.17, 15) is 43.2 Å². The largest absolute Gasteiger partial charge is 0.481 e. The Morgan fingerprint density at radius 2 is 0.688 bits per heavy atom. The average Bonchev–Trinajstić information content (AvgIpc) is 1.58. The topological polar surface area (TPSA) is 280 Å². The van der Waals surface area contributed by atoms with Crippen LogP contribution in [0.2, 0.25) is 0 Å². The Kier molecular flexibility index (Phi) is 23.8. The van der Waals surface area contributed by atoms with Gasteiger partial charge in [-0.05, 0) is 92.6 Å². The summed E-state index contributed by atoms with van der Waals surface area (Å²) in [6, 6.07) is 31.8. The minimum Gasteiger partial charge on any atom is -0.481 e. The van der Waals surface area contributed by atoms with Crippen molar-refractivity contribution in [3.8, 4) is 0 Å². The van der Waals surface area contributed by atoms with Gasteiger partial charge in [0.25, 0.3) is 40.4 Å². The second kappa shape index (κ2) is 33.5. The Balaban J connectivity index is 0.000000149. The smallest absolute Gasteiger partial charge is 0.338 e. The highest BCUT2D eigenvalue weighted by Crippen LogP contribution is 2.41. The summed E-state index contributed by atoms with van der Waals surface area (Å²) in [6.07, 6.45) is 6.87.